The molecule has 4 rings (SSSR count). The van der Waals surface area contributed by atoms with E-state index in [2.05, 4.69) is 47.9 Å². The molecule has 8 heteroatoms. The molecule has 30 heavy (non-hydrogen) atoms. The first-order valence-electron chi connectivity index (χ1n) is 9.09. The second-order valence-corrected chi connectivity index (χ2v) is 11.8. The van der Waals surface area contributed by atoms with Crippen molar-refractivity contribution in [2.45, 2.75) is 13.5 Å². The van der Waals surface area contributed by atoms with Gasteiger partial charge in [0, 0.05) is 0 Å². The Morgan fingerprint density at radius 2 is 1.93 bits per heavy atom. The van der Waals surface area contributed by atoms with Crippen molar-refractivity contribution in [3.63, 3.8) is 0 Å². The number of carbonyl (C=O) groups is 1. The fourth-order valence-electron chi connectivity index (χ4n) is 3.07. The molecule has 0 amide bonds. The van der Waals surface area contributed by atoms with E-state index in [1.807, 2.05) is 18.2 Å². The summed E-state index contributed by atoms with van der Waals surface area (Å²) in [5.74, 6) is 0.682. The molecule has 0 fully saturated rings. The van der Waals surface area contributed by atoms with E-state index in [1.54, 1.807) is 18.4 Å². The number of thiophene rings is 1. The van der Waals surface area contributed by atoms with Crippen molar-refractivity contribution in [1.29, 1.82) is 0 Å². The molecular weight excluding hydrogens is 643 g/mol. The van der Waals surface area contributed by atoms with E-state index < -0.39 is 0 Å². The van der Waals surface area contributed by atoms with Crippen LogP contribution in [0.15, 0.2) is 42.5 Å². The molecule has 1 aromatic carbocycles. The maximum Gasteiger partial charge on any atom is -1.00 e. The van der Waals surface area contributed by atoms with Gasteiger partial charge in [0.1, 0.15) is 0 Å². The van der Waals surface area contributed by atoms with Crippen LogP contribution in [-0.2, 0) is 11.3 Å². The van der Waals surface area contributed by atoms with Gasteiger partial charge in [-0.05, 0) is 0 Å². The molecule has 0 spiro atoms. The predicted molar refractivity (Wildman–Crippen MR) is 120 cm³/mol. The number of carbonyl (C=O) groups excluding carboxylic acids is 1. The molecule has 0 aliphatic carbocycles. The average molecular weight is 663 g/mol. The van der Waals surface area contributed by atoms with Crippen molar-refractivity contribution in [2.24, 2.45) is 0 Å². The van der Waals surface area contributed by atoms with E-state index in [0.717, 1.165) is 16.7 Å². The summed E-state index contributed by atoms with van der Waals surface area (Å²) in [6.07, 6.45) is 4.45. The van der Waals surface area contributed by atoms with Crippen molar-refractivity contribution in [3.8, 4) is 15.1 Å². The van der Waals surface area contributed by atoms with Gasteiger partial charge in [0.25, 0.3) is 0 Å². The molecular formula is C22H20INO3SSe2. The molecule has 3 aromatic heterocycles. The fraction of sp³-hybridized carbons (Fsp3) is 0.182. The van der Waals surface area contributed by atoms with Gasteiger partial charge in [-0.15, -0.1) is 0 Å². The van der Waals surface area contributed by atoms with Crippen LogP contribution < -0.4 is 33.3 Å². The number of aromatic nitrogens is 1. The maximum atomic E-state index is 11.7. The Morgan fingerprint density at radius 1 is 1.10 bits per heavy atom. The summed E-state index contributed by atoms with van der Waals surface area (Å²) in [6, 6.07) is 14.6. The van der Waals surface area contributed by atoms with Crippen molar-refractivity contribution in [1.82, 2.24) is 0 Å². The van der Waals surface area contributed by atoms with Crippen molar-refractivity contribution in [3.05, 3.63) is 56.3 Å². The van der Waals surface area contributed by atoms with Crippen LogP contribution >= 0.6 is 11.3 Å². The molecule has 0 radical (unpaired) electrons. The van der Waals surface area contributed by atoms with E-state index >= 15 is 0 Å². The molecule has 0 bridgehead atoms. The SMILES string of the molecule is CC[n+]1c(/C=C/c2ccc(-c3ccc(C(=O)OC)[se]3)s2)[se]c2ccc(OC)cc21.[I-]. The Morgan fingerprint density at radius 3 is 2.67 bits per heavy atom. The van der Waals surface area contributed by atoms with Gasteiger partial charge in [-0.2, -0.15) is 0 Å². The van der Waals surface area contributed by atoms with Crippen LogP contribution in [-0.4, -0.2) is 49.2 Å². The molecule has 0 saturated heterocycles. The van der Waals surface area contributed by atoms with Crippen LogP contribution in [0, 0.1) is 0 Å². The Balaban J connectivity index is 0.00000256. The van der Waals surface area contributed by atoms with E-state index in [-0.39, 0.29) is 44.4 Å². The zero-order chi connectivity index (χ0) is 20.4. The molecule has 156 valence electrons. The van der Waals surface area contributed by atoms with Gasteiger partial charge in [-0.3, -0.25) is 0 Å². The Labute approximate surface area is 208 Å². The van der Waals surface area contributed by atoms with E-state index in [1.165, 1.54) is 35.6 Å². The molecule has 4 aromatic rings. The number of hydrogen-bond donors (Lipinski definition) is 0. The van der Waals surface area contributed by atoms with Gasteiger partial charge in [0.15, 0.2) is 0 Å². The standard InChI is InChI=1S/C22H20NO3SSe2.HI/c1-4-23-16-13-14(25-2)5-9-18(16)29-21(23)12-7-15-6-8-17(27-15)19-10-11-20(28-19)22(24)26-3;/h5-13H,4H2,1-3H3;1H/q+1;/p-1/b12-7+;. The summed E-state index contributed by atoms with van der Waals surface area (Å²) in [6.45, 7) is 3.12. The van der Waals surface area contributed by atoms with Crippen LogP contribution in [0.2, 0.25) is 0 Å². The van der Waals surface area contributed by atoms with Crippen LogP contribution in [0.4, 0.5) is 0 Å². The van der Waals surface area contributed by atoms with Gasteiger partial charge in [-0.1, -0.05) is 0 Å². The number of halogens is 1. The third-order valence-corrected chi connectivity index (χ3v) is 10.6. The second-order valence-electron chi connectivity index (χ2n) is 6.21. The first-order chi connectivity index (χ1) is 14.1. The number of esters is 1. The average Bonchev–Trinajstić information content (AvgIpc) is 3.48. The zero-order valence-corrected chi connectivity index (χ0v) is 23.1. The minimum absolute atomic E-state index is 0. The second kappa shape index (κ2) is 10.4. The number of methoxy groups -OCH3 is 2. The summed E-state index contributed by atoms with van der Waals surface area (Å²) in [5, 5.41) is 0. The van der Waals surface area contributed by atoms with E-state index in [9.17, 15) is 4.79 Å². The van der Waals surface area contributed by atoms with Crippen LogP contribution in [0.5, 0.6) is 5.75 Å². The summed E-state index contributed by atoms with van der Waals surface area (Å²) in [7, 11) is 3.14. The van der Waals surface area contributed by atoms with Crippen LogP contribution in [0.25, 0.3) is 31.2 Å². The van der Waals surface area contributed by atoms with Gasteiger partial charge in [-0.25, -0.2) is 0 Å². The summed E-state index contributed by atoms with van der Waals surface area (Å²) >= 11 is 2.08. The Bertz CT molecular complexity index is 1210. The molecule has 0 unspecified atom stereocenters. The molecule has 0 atom stereocenters. The summed E-state index contributed by atoms with van der Waals surface area (Å²) in [4.78, 5) is 14.2. The van der Waals surface area contributed by atoms with Gasteiger partial charge < -0.3 is 24.0 Å². The minimum atomic E-state index is -0.219. The maximum absolute atomic E-state index is 11.7. The predicted octanol–water partition coefficient (Wildman–Crippen LogP) is 0.959. The number of benzene rings is 1. The third kappa shape index (κ3) is 4.85. The van der Waals surface area contributed by atoms with Gasteiger partial charge in [0.05, 0.1) is 0 Å². The topological polar surface area (TPSA) is 39.4 Å². The normalized spacial score (nSPS) is 11.0. The van der Waals surface area contributed by atoms with Gasteiger partial charge >= 0.3 is 186 Å². The first-order valence-corrected chi connectivity index (χ1v) is 13.3. The van der Waals surface area contributed by atoms with Crippen molar-refractivity contribution >= 4 is 68.2 Å². The number of hydrogen-bond acceptors (Lipinski definition) is 4. The molecule has 0 aliphatic rings. The zero-order valence-electron chi connectivity index (χ0n) is 16.7. The largest absolute Gasteiger partial charge is 1.00 e. The molecule has 4 nitrogen and oxygen atoms in total. The first kappa shape index (κ1) is 23.5. The number of rotatable bonds is 6. The van der Waals surface area contributed by atoms with E-state index in [0.29, 0.717) is 14.5 Å². The van der Waals surface area contributed by atoms with Crippen molar-refractivity contribution < 1.29 is 42.8 Å². The third-order valence-electron chi connectivity index (χ3n) is 4.51. The summed E-state index contributed by atoms with van der Waals surface area (Å²) in [5.41, 5.74) is 1.26. The van der Waals surface area contributed by atoms with Gasteiger partial charge in [0.2, 0.25) is 0 Å². The Kier molecular flexibility index (Phi) is 8.18. The monoisotopic (exact) mass is 665 g/mol. The summed E-state index contributed by atoms with van der Waals surface area (Å²) < 4.78 is 17.4. The smallest absolute Gasteiger partial charge is 1.00 e. The number of ether oxygens (including phenoxy) is 2. The van der Waals surface area contributed by atoms with Crippen LogP contribution in [0.1, 0.15) is 25.6 Å². The minimum Gasteiger partial charge on any atom is -1.00 e. The van der Waals surface area contributed by atoms with E-state index in [4.69, 9.17) is 9.47 Å². The molecule has 3 heterocycles. The molecule has 0 N–H and O–H groups in total. The molecule has 0 aliphatic heterocycles. The number of fused-ring (bicyclic) bond motifs is 1. The number of nitrogens with zero attached hydrogens (tertiary/aromatic N) is 1. The van der Waals surface area contributed by atoms with Crippen molar-refractivity contribution in [2.75, 3.05) is 14.2 Å². The number of aryl methyl sites for hydroxylation is 1. The quantitative estimate of drug-likeness (QED) is 0.134. The Hall–Kier alpha value is -1.15. The molecule has 0 saturated carbocycles. The fourth-order valence-corrected chi connectivity index (χ4v) is 8.47. The van der Waals surface area contributed by atoms with Crippen LogP contribution in [0.3, 0.4) is 0 Å².